The normalized spacial score (nSPS) is 11.1. The van der Waals surface area contributed by atoms with Crippen molar-refractivity contribution in [1.82, 2.24) is 9.78 Å². The number of anilines is 1. The molecule has 4 heteroatoms. The van der Waals surface area contributed by atoms with Gasteiger partial charge in [-0.25, -0.2) is 4.68 Å². The molecule has 0 amide bonds. The van der Waals surface area contributed by atoms with Crippen LogP contribution in [0.5, 0.6) is 0 Å². The summed E-state index contributed by atoms with van der Waals surface area (Å²) in [5.41, 5.74) is 10.2. The minimum Gasteiger partial charge on any atom is -0.382 e. The number of nitrogens with two attached hydrogens (primary N) is 1. The van der Waals surface area contributed by atoms with Crippen LogP contribution >= 0.6 is 0 Å². The van der Waals surface area contributed by atoms with E-state index in [1.54, 1.807) is 0 Å². The van der Waals surface area contributed by atoms with Gasteiger partial charge in [0, 0.05) is 6.54 Å². The van der Waals surface area contributed by atoms with Gasteiger partial charge < -0.3 is 11.1 Å². The largest absolute Gasteiger partial charge is 0.382 e. The van der Waals surface area contributed by atoms with Gasteiger partial charge in [-0.2, -0.15) is 5.10 Å². The monoisotopic (exact) mass is 272 g/mol. The van der Waals surface area contributed by atoms with Crippen molar-refractivity contribution in [1.29, 1.82) is 0 Å². The van der Waals surface area contributed by atoms with Gasteiger partial charge in [0.25, 0.3) is 0 Å². The Morgan fingerprint density at radius 3 is 2.55 bits per heavy atom. The van der Waals surface area contributed by atoms with Crippen LogP contribution in [0.4, 0.5) is 5.69 Å². The molecule has 0 spiro atoms. The zero-order valence-electron chi connectivity index (χ0n) is 12.6. The lowest BCUT2D eigenvalue weighted by molar-refractivity contribution is 0.734. The molecule has 2 rings (SSSR count). The highest BCUT2D eigenvalue weighted by Gasteiger charge is 2.15. The van der Waals surface area contributed by atoms with Gasteiger partial charge in [-0.1, -0.05) is 31.5 Å². The molecule has 4 nitrogen and oxygen atoms in total. The number of aromatic nitrogens is 2. The highest BCUT2D eigenvalue weighted by Crippen LogP contribution is 2.26. The number of nitrogens with one attached hydrogen (secondary N) is 1. The van der Waals surface area contributed by atoms with Crippen molar-refractivity contribution in [3.05, 3.63) is 41.7 Å². The molecule has 20 heavy (non-hydrogen) atoms. The van der Waals surface area contributed by atoms with E-state index in [1.165, 1.54) is 11.3 Å². The summed E-state index contributed by atoms with van der Waals surface area (Å²) in [5, 5.41) is 7.97. The van der Waals surface area contributed by atoms with Crippen LogP contribution in [-0.2, 0) is 0 Å². The van der Waals surface area contributed by atoms with Crippen molar-refractivity contribution < 1.29 is 0 Å². The predicted octanol–water partition coefficient (Wildman–Crippen LogP) is 3.06. The van der Waals surface area contributed by atoms with Crippen molar-refractivity contribution in [3.8, 4) is 5.69 Å². The zero-order chi connectivity index (χ0) is 14.5. The summed E-state index contributed by atoms with van der Waals surface area (Å²) in [6.45, 7) is 8.06. The van der Waals surface area contributed by atoms with Crippen LogP contribution in [0.15, 0.2) is 30.5 Å². The van der Waals surface area contributed by atoms with Crippen LogP contribution in [0, 0.1) is 6.92 Å². The molecule has 108 valence electrons. The average Bonchev–Trinajstić information content (AvgIpc) is 2.84. The third-order valence-corrected chi connectivity index (χ3v) is 3.33. The maximum atomic E-state index is 5.54. The standard InChI is InChI=1S/C16H24N4/c1-12(2)16-15(18-10-4-9-17)11-19-20(16)14-7-5-13(3)6-8-14/h5-8,11-12,18H,4,9-10,17H2,1-3H3. The smallest absolute Gasteiger partial charge is 0.0766 e. The first-order chi connectivity index (χ1) is 9.63. The first-order valence-electron chi connectivity index (χ1n) is 7.22. The number of hydrogen-bond donors (Lipinski definition) is 2. The molecule has 1 heterocycles. The second-order valence-electron chi connectivity index (χ2n) is 5.41. The van der Waals surface area contributed by atoms with Crippen molar-refractivity contribution >= 4 is 5.69 Å². The highest BCUT2D eigenvalue weighted by atomic mass is 15.3. The molecule has 0 aliphatic rings. The summed E-state index contributed by atoms with van der Waals surface area (Å²) >= 11 is 0. The van der Waals surface area contributed by atoms with Crippen LogP contribution in [0.3, 0.4) is 0 Å². The fourth-order valence-corrected chi connectivity index (χ4v) is 2.27. The molecule has 0 unspecified atom stereocenters. The predicted molar refractivity (Wildman–Crippen MR) is 84.6 cm³/mol. The van der Waals surface area contributed by atoms with Crippen LogP contribution < -0.4 is 11.1 Å². The molecule has 0 aliphatic heterocycles. The molecule has 2 aromatic rings. The Balaban J connectivity index is 2.31. The zero-order valence-corrected chi connectivity index (χ0v) is 12.6. The Morgan fingerprint density at radius 1 is 1.25 bits per heavy atom. The highest BCUT2D eigenvalue weighted by molar-refractivity contribution is 5.51. The summed E-state index contributed by atoms with van der Waals surface area (Å²) in [4.78, 5) is 0. The van der Waals surface area contributed by atoms with Crippen LogP contribution in [-0.4, -0.2) is 22.9 Å². The third-order valence-electron chi connectivity index (χ3n) is 3.33. The SMILES string of the molecule is Cc1ccc(-n2ncc(NCCCN)c2C(C)C)cc1. The van der Waals surface area contributed by atoms with E-state index in [-0.39, 0.29) is 0 Å². The third kappa shape index (κ3) is 3.20. The molecular formula is C16H24N4. The van der Waals surface area contributed by atoms with Crippen molar-refractivity contribution in [3.63, 3.8) is 0 Å². The molecule has 1 aromatic carbocycles. The maximum absolute atomic E-state index is 5.54. The number of hydrogen-bond acceptors (Lipinski definition) is 3. The van der Waals surface area contributed by atoms with E-state index >= 15 is 0 Å². The summed E-state index contributed by atoms with van der Waals surface area (Å²) in [6.07, 6.45) is 2.87. The molecular weight excluding hydrogens is 248 g/mol. The molecule has 1 aromatic heterocycles. The van der Waals surface area contributed by atoms with E-state index < -0.39 is 0 Å². The van der Waals surface area contributed by atoms with Gasteiger partial charge in [0.05, 0.1) is 23.3 Å². The topological polar surface area (TPSA) is 55.9 Å². The van der Waals surface area contributed by atoms with Crippen LogP contribution in [0.25, 0.3) is 5.69 Å². The van der Waals surface area contributed by atoms with Gasteiger partial charge in [-0.05, 0) is 37.9 Å². The number of benzene rings is 1. The molecule has 0 fully saturated rings. The molecule has 0 bridgehead atoms. The number of aryl methyl sites for hydroxylation is 1. The van der Waals surface area contributed by atoms with E-state index in [1.807, 2.05) is 10.9 Å². The Kier molecular flexibility index (Phi) is 4.79. The average molecular weight is 272 g/mol. The number of rotatable bonds is 6. The first kappa shape index (κ1) is 14.6. The number of nitrogens with zero attached hydrogens (tertiary/aromatic N) is 2. The lowest BCUT2D eigenvalue weighted by Crippen LogP contribution is -2.11. The van der Waals surface area contributed by atoms with E-state index in [0.29, 0.717) is 12.5 Å². The quantitative estimate of drug-likeness (QED) is 0.795. The van der Waals surface area contributed by atoms with Gasteiger partial charge in [-0.15, -0.1) is 0 Å². The lowest BCUT2D eigenvalue weighted by atomic mass is 10.1. The van der Waals surface area contributed by atoms with Gasteiger partial charge in [-0.3, -0.25) is 0 Å². The van der Waals surface area contributed by atoms with E-state index in [2.05, 4.69) is 55.5 Å². The van der Waals surface area contributed by atoms with Gasteiger partial charge in [0.15, 0.2) is 0 Å². The Hall–Kier alpha value is -1.81. The minimum absolute atomic E-state index is 0.402. The van der Waals surface area contributed by atoms with Gasteiger partial charge >= 0.3 is 0 Å². The second kappa shape index (κ2) is 6.57. The molecule has 0 aliphatic carbocycles. The van der Waals surface area contributed by atoms with Crippen molar-refractivity contribution in [2.45, 2.75) is 33.1 Å². The molecule has 0 atom stereocenters. The molecule has 3 N–H and O–H groups in total. The van der Waals surface area contributed by atoms with Crippen LogP contribution in [0.1, 0.15) is 37.4 Å². The minimum atomic E-state index is 0.402. The molecule has 0 saturated carbocycles. The summed E-state index contributed by atoms with van der Waals surface area (Å²) in [6, 6.07) is 8.45. The summed E-state index contributed by atoms with van der Waals surface area (Å²) < 4.78 is 2.02. The molecule has 0 saturated heterocycles. The maximum Gasteiger partial charge on any atom is 0.0766 e. The lowest BCUT2D eigenvalue weighted by Gasteiger charge is -2.14. The fraction of sp³-hybridized carbons (Fsp3) is 0.438. The van der Waals surface area contributed by atoms with E-state index in [0.717, 1.165) is 24.3 Å². The Morgan fingerprint density at radius 2 is 1.95 bits per heavy atom. The Labute approximate surface area is 121 Å². The van der Waals surface area contributed by atoms with Gasteiger partial charge in [0.1, 0.15) is 0 Å². The molecule has 0 radical (unpaired) electrons. The van der Waals surface area contributed by atoms with E-state index in [4.69, 9.17) is 5.73 Å². The second-order valence-corrected chi connectivity index (χ2v) is 5.41. The van der Waals surface area contributed by atoms with Crippen molar-refractivity contribution in [2.75, 3.05) is 18.4 Å². The summed E-state index contributed by atoms with van der Waals surface area (Å²) in [7, 11) is 0. The van der Waals surface area contributed by atoms with Gasteiger partial charge in [0.2, 0.25) is 0 Å². The van der Waals surface area contributed by atoms with E-state index in [9.17, 15) is 0 Å². The summed E-state index contributed by atoms with van der Waals surface area (Å²) in [5.74, 6) is 0.402. The fourth-order valence-electron chi connectivity index (χ4n) is 2.27. The Bertz CT molecular complexity index is 540. The van der Waals surface area contributed by atoms with Crippen LogP contribution in [0.2, 0.25) is 0 Å². The first-order valence-corrected chi connectivity index (χ1v) is 7.22. The van der Waals surface area contributed by atoms with Crippen molar-refractivity contribution in [2.24, 2.45) is 5.73 Å².